The third-order valence-corrected chi connectivity index (χ3v) is 6.09. The molecule has 0 N–H and O–H groups in total. The Bertz CT molecular complexity index is 924. The van der Waals surface area contributed by atoms with Gasteiger partial charge in [-0.1, -0.05) is 17.3 Å². The number of rotatable bonds is 6. The summed E-state index contributed by atoms with van der Waals surface area (Å²) in [5.41, 5.74) is 0.549. The minimum atomic E-state index is -0.444. The SMILES string of the molecule is CC1CCCCN1C(=O)CN1CCN(Cc2nc(-c3cccc([N+](=O)[O-])c3)no2)CC1. The van der Waals surface area contributed by atoms with Gasteiger partial charge in [-0.3, -0.25) is 24.7 Å². The summed E-state index contributed by atoms with van der Waals surface area (Å²) in [6.07, 6.45) is 3.41. The molecule has 2 aliphatic heterocycles. The number of amides is 1. The molecule has 2 saturated heterocycles. The van der Waals surface area contributed by atoms with Crippen molar-refractivity contribution in [2.75, 3.05) is 39.3 Å². The second-order valence-corrected chi connectivity index (χ2v) is 8.30. The van der Waals surface area contributed by atoms with Crippen LogP contribution in [0.3, 0.4) is 0 Å². The first-order valence-electron chi connectivity index (χ1n) is 10.8. The first-order valence-corrected chi connectivity index (χ1v) is 10.8. The van der Waals surface area contributed by atoms with Crippen LogP contribution in [-0.4, -0.2) is 81.0 Å². The number of nitrogens with zero attached hydrogens (tertiary/aromatic N) is 6. The van der Waals surface area contributed by atoms with Gasteiger partial charge in [0.2, 0.25) is 17.6 Å². The van der Waals surface area contributed by atoms with Crippen LogP contribution < -0.4 is 0 Å². The van der Waals surface area contributed by atoms with Crippen molar-refractivity contribution in [2.24, 2.45) is 0 Å². The predicted octanol–water partition coefficient (Wildman–Crippen LogP) is 2.16. The quantitative estimate of drug-likeness (QED) is 0.509. The van der Waals surface area contributed by atoms with E-state index < -0.39 is 4.92 Å². The van der Waals surface area contributed by atoms with Crippen molar-refractivity contribution in [1.82, 2.24) is 24.8 Å². The first kappa shape index (κ1) is 21.4. The smallest absolute Gasteiger partial charge is 0.270 e. The van der Waals surface area contributed by atoms with Gasteiger partial charge in [0.1, 0.15) is 0 Å². The van der Waals surface area contributed by atoms with E-state index in [2.05, 4.69) is 26.9 Å². The highest BCUT2D eigenvalue weighted by atomic mass is 16.6. The molecular weight excluding hydrogens is 400 g/mol. The second kappa shape index (κ2) is 9.52. The molecule has 1 aromatic carbocycles. The Kier molecular flexibility index (Phi) is 6.57. The molecule has 0 bridgehead atoms. The van der Waals surface area contributed by atoms with E-state index in [0.29, 0.717) is 36.4 Å². The Balaban J connectivity index is 1.27. The maximum absolute atomic E-state index is 12.6. The fourth-order valence-electron chi connectivity index (χ4n) is 4.24. The number of nitro benzene ring substituents is 1. The van der Waals surface area contributed by atoms with E-state index in [4.69, 9.17) is 4.52 Å². The lowest BCUT2D eigenvalue weighted by Crippen LogP contribution is -2.51. The molecule has 166 valence electrons. The first-order chi connectivity index (χ1) is 15.0. The van der Waals surface area contributed by atoms with Crippen molar-refractivity contribution < 1.29 is 14.2 Å². The number of benzene rings is 1. The highest BCUT2D eigenvalue weighted by molar-refractivity contribution is 5.78. The standard InChI is InChI=1S/C21H28N6O4/c1-16-5-2-3-8-26(16)20(28)15-25-11-9-24(10-12-25)14-19-22-21(23-31-19)17-6-4-7-18(13-17)27(29)30/h4,6-7,13,16H,2-3,5,8-12,14-15H2,1H3. The van der Waals surface area contributed by atoms with Crippen molar-refractivity contribution in [2.45, 2.75) is 38.8 Å². The fourth-order valence-corrected chi connectivity index (χ4v) is 4.24. The number of hydrogen-bond acceptors (Lipinski definition) is 8. The molecule has 1 atom stereocenters. The fraction of sp³-hybridized carbons (Fsp3) is 0.571. The molecule has 2 aromatic rings. The van der Waals surface area contributed by atoms with Crippen LogP contribution in [0.25, 0.3) is 11.4 Å². The van der Waals surface area contributed by atoms with Crippen LogP contribution in [-0.2, 0) is 11.3 Å². The summed E-state index contributed by atoms with van der Waals surface area (Å²) in [5, 5.41) is 14.9. The largest absolute Gasteiger partial charge is 0.339 e. The van der Waals surface area contributed by atoms with Gasteiger partial charge in [-0.25, -0.2) is 0 Å². The van der Waals surface area contributed by atoms with E-state index in [0.717, 1.165) is 45.6 Å². The van der Waals surface area contributed by atoms with Gasteiger partial charge in [0.05, 0.1) is 18.0 Å². The van der Waals surface area contributed by atoms with Crippen LogP contribution in [0.1, 0.15) is 32.1 Å². The molecule has 31 heavy (non-hydrogen) atoms. The molecule has 10 nitrogen and oxygen atoms in total. The third kappa shape index (κ3) is 5.26. The van der Waals surface area contributed by atoms with Crippen LogP contribution in [0.2, 0.25) is 0 Å². The number of aromatic nitrogens is 2. The molecule has 3 heterocycles. The summed E-state index contributed by atoms with van der Waals surface area (Å²) in [6.45, 7) is 7.29. The van der Waals surface area contributed by atoms with Crippen LogP contribution in [0.5, 0.6) is 0 Å². The molecule has 2 aliphatic rings. The number of likely N-dealkylation sites (tertiary alicyclic amines) is 1. The van der Waals surface area contributed by atoms with Gasteiger partial charge in [-0.15, -0.1) is 0 Å². The summed E-state index contributed by atoms with van der Waals surface area (Å²) < 4.78 is 5.36. The summed E-state index contributed by atoms with van der Waals surface area (Å²) in [6, 6.07) is 6.55. The molecule has 0 aliphatic carbocycles. The zero-order valence-electron chi connectivity index (χ0n) is 17.8. The lowest BCUT2D eigenvalue weighted by atomic mass is 10.0. The van der Waals surface area contributed by atoms with Crippen LogP contribution >= 0.6 is 0 Å². The van der Waals surface area contributed by atoms with E-state index >= 15 is 0 Å². The van der Waals surface area contributed by atoms with Crippen molar-refractivity contribution in [3.63, 3.8) is 0 Å². The van der Waals surface area contributed by atoms with Gasteiger partial charge in [0, 0.05) is 56.5 Å². The Morgan fingerprint density at radius 3 is 2.71 bits per heavy atom. The molecular formula is C21H28N6O4. The highest BCUT2D eigenvalue weighted by Crippen LogP contribution is 2.22. The van der Waals surface area contributed by atoms with Gasteiger partial charge in [-0.2, -0.15) is 4.98 Å². The monoisotopic (exact) mass is 428 g/mol. The summed E-state index contributed by atoms with van der Waals surface area (Å²) in [4.78, 5) is 34.0. The molecule has 10 heteroatoms. The minimum Gasteiger partial charge on any atom is -0.339 e. The van der Waals surface area contributed by atoms with Crippen molar-refractivity contribution >= 4 is 11.6 Å². The Morgan fingerprint density at radius 2 is 1.97 bits per heavy atom. The number of piperazine rings is 1. The average Bonchev–Trinajstić information content (AvgIpc) is 3.24. The Labute approximate surface area is 181 Å². The van der Waals surface area contributed by atoms with Crippen molar-refractivity contribution in [3.8, 4) is 11.4 Å². The molecule has 2 fully saturated rings. The molecule has 0 spiro atoms. The van der Waals surface area contributed by atoms with Crippen molar-refractivity contribution in [3.05, 3.63) is 40.3 Å². The molecule has 1 unspecified atom stereocenters. The van der Waals surface area contributed by atoms with Gasteiger partial charge >= 0.3 is 0 Å². The van der Waals surface area contributed by atoms with E-state index in [1.165, 1.54) is 18.6 Å². The molecule has 4 rings (SSSR count). The van der Waals surface area contributed by atoms with Crippen LogP contribution in [0.4, 0.5) is 5.69 Å². The third-order valence-electron chi connectivity index (χ3n) is 6.09. The average molecular weight is 428 g/mol. The topological polar surface area (TPSA) is 109 Å². The Hall–Kier alpha value is -2.85. The van der Waals surface area contributed by atoms with E-state index in [-0.39, 0.29) is 11.6 Å². The number of carbonyl (C=O) groups excluding carboxylic acids is 1. The van der Waals surface area contributed by atoms with Gasteiger partial charge in [0.15, 0.2) is 0 Å². The summed E-state index contributed by atoms with van der Waals surface area (Å²) in [5.74, 6) is 1.06. The van der Waals surface area contributed by atoms with Crippen LogP contribution in [0, 0.1) is 10.1 Å². The van der Waals surface area contributed by atoms with E-state index in [1.54, 1.807) is 12.1 Å². The maximum Gasteiger partial charge on any atom is 0.270 e. The second-order valence-electron chi connectivity index (χ2n) is 8.30. The number of piperidine rings is 1. The lowest BCUT2D eigenvalue weighted by Gasteiger charge is -2.37. The maximum atomic E-state index is 12.6. The van der Waals surface area contributed by atoms with Crippen molar-refractivity contribution in [1.29, 1.82) is 0 Å². The number of hydrogen-bond donors (Lipinski definition) is 0. The van der Waals surface area contributed by atoms with E-state index in [9.17, 15) is 14.9 Å². The lowest BCUT2D eigenvalue weighted by molar-refractivity contribution is -0.384. The molecule has 0 saturated carbocycles. The normalized spacial score (nSPS) is 20.7. The van der Waals surface area contributed by atoms with Gasteiger partial charge in [0.25, 0.3) is 5.69 Å². The number of non-ortho nitro benzene ring substituents is 1. The highest BCUT2D eigenvalue weighted by Gasteiger charge is 2.26. The van der Waals surface area contributed by atoms with Gasteiger partial charge in [-0.05, 0) is 26.2 Å². The molecule has 1 aromatic heterocycles. The molecule has 1 amide bonds. The zero-order valence-corrected chi connectivity index (χ0v) is 17.8. The number of nitro groups is 1. The molecule has 0 radical (unpaired) electrons. The summed E-state index contributed by atoms with van der Waals surface area (Å²) in [7, 11) is 0. The Morgan fingerprint density at radius 1 is 1.19 bits per heavy atom. The minimum absolute atomic E-state index is 0.00605. The number of carbonyl (C=O) groups is 1. The van der Waals surface area contributed by atoms with E-state index in [1.807, 2.05) is 4.90 Å². The predicted molar refractivity (Wildman–Crippen MR) is 113 cm³/mol. The summed E-state index contributed by atoms with van der Waals surface area (Å²) >= 11 is 0. The zero-order chi connectivity index (χ0) is 21.8. The van der Waals surface area contributed by atoms with Gasteiger partial charge < -0.3 is 9.42 Å². The van der Waals surface area contributed by atoms with Crippen LogP contribution in [0.15, 0.2) is 28.8 Å².